The van der Waals surface area contributed by atoms with Gasteiger partial charge in [-0.2, -0.15) is 0 Å². The molecule has 0 unspecified atom stereocenters. The van der Waals surface area contributed by atoms with Crippen molar-refractivity contribution in [3.8, 4) is 0 Å². The number of unbranched alkanes of at least 4 members (excludes halogenated alkanes) is 56. The van der Waals surface area contributed by atoms with Crippen LogP contribution in [0, 0.1) is 0 Å². The van der Waals surface area contributed by atoms with Gasteiger partial charge < -0.3 is 53.8 Å². The maximum atomic E-state index is 16.4. The number of hydrogen-bond acceptors (Lipinski definition) is 20. The largest absolute Gasteiger partial charge is 0.475 e. The molecule has 2 aromatic carbocycles. The van der Waals surface area contributed by atoms with Crippen molar-refractivity contribution in [1.29, 1.82) is 0 Å². The van der Waals surface area contributed by atoms with Crippen LogP contribution in [0.25, 0.3) is 0 Å². The summed E-state index contributed by atoms with van der Waals surface area (Å²) in [5.74, 6) is -3.70. The Labute approximate surface area is 877 Å². The van der Waals surface area contributed by atoms with Crippen molar-refractivity contribution < 1.29 is 94.4 Å². The van der Waals surface area contributed by atoms with Gasteiger partial charge >= 0.3 is 37.7 Å². The minimum absolute atomic E-state index is 0.0241. The second-order valence-electron chi connectivity index (χ2n) is 41.5. The molecule has 1 fully saturated rings. The van der Waals surface area contributed by atoms with Crippen molar-refractivity contribution >= 4 is 55.4 Å². The Kier molecular flexibility index (Phi) is 86.7. The van der Waals surface area contributed by atoms with E-state index in [0.717, 1.165) is 257 Å². The van der Waals surface area contributed by atoms with Gasteiger partial charge in [0.1, 0.15) is 42.7 Å². The van der Waals surface area contributed by atoms with Crippen LogP contribution in [-0.2, 0) is 108 Å². The lowest BCUT2D eigenvalue weighted by Crippen LogP contribution is -2.66. The zero-order valence-electron chi connectivity index (χ0n) is 92.8. The third-order valence-corrected chi connectivity index (χ3v) is 29.2. The molecule has 3 rings (SSSR count). The first-order valence-corrected chi connectivity index (χ1v) is 61.2. The van der Waals surface area contributed by atoms with E-state index in [0.29, 0.717) is 75.3 Å². The summed E-state index contributed by atoms with van der Waals surface area (Å²) < 4.78 is 89.0. The van der Waals surface area contributed by atoms with Crippen molar-refractivity contribution in [2.45, 2.75) is 612 Å². The SMILES string of the molecule is CCCCCCCCCCC[C@H](CC(=O)NCCOC[C@H]1O[C@H](OCCNC(=O)C[C@@H](CCCCCCCCCCC)OC(=O)CCCCCCCCC)[C@@H](NC(=O)C[C@@H](CCCCCCCCCCC)OC(=O)CCCCCCCCC)[C@@H](OC(=O)C[C@@H](CCCCCCCCCCC)OC(=O)CCCCCCCCC)[C@@H]1OP(=O)(OCc1ccccc1)OCc1ccccc1)OC(=O)CCCCCCCCC. The second kappa shape index (κ2) is 94.4. The number of carbonyl (C=O) groups is 8. The van der Waals surface area contributed by atoms with Gasteiger partial charge in [0.25, 0.3) is 0 Å². The third kappa shape index (κ3) is 75.0. The molecule has 2 aromatic rings. The molecule has 0 spiro atoms. The molecule has 1 heterocycles. The van der Waals surface area contributed by atoms with Gasteiger partial charge in [0, 0.05) is 38.8 Å². The molecule has 1 saturated heterocycles. The number of benzene rings is 2. The number of esters is 5. The van der Waals surface area contributed by atoms with Crippen LogP contribution in [0.1, 0.15) is 554 Å². The monoisotopic (exact) mass is 2050 g/mol. The van der Waals surface area contributed by atoms with Gasteiger partial charge in [0.05, 0.1) is 58.7 Å². The summed E-state index contributed by atoms with van der Waals surface area (Å²) in [5.41, 5.74) is 1.23. The molecule has 3 amide bonds. The van der Waals surface area contributed by atoms with Crippen LogP contribution in [0.4, 0.5) is 0 Å². The quantitative estimate of drug-likeness (QED) is 0.0240. The molecular weight excluding hydrogens is 1830 g/mol. The number of phosphoric acid groups is 1. The van der Waals surface area contributed by atoms with Crippen LogP contribution >= 0.6 is 7.82 Å². The maximum Gasteiger partial charge on any atom is 0.475 e. The Morgan fingerprint density at radius 1 is 0.306 bits per heavy atom. The first-order valence-electron chi connectivity index (χ1n) is 59.7. The first kappa shape index (κ1) is 132. The summed E-state index contributed by atoms with van der Waals surface area (Å²) in [6, 6.07) is 16.6. The van der Waals surface area contributed by atoms with Gasteiger partial charge in [0.15, 0.2) is 12.4 Å². The van der Waals surface area contributed by atoms with Gasteiger partial charge in [-0.05, 0) is 88.2 Å². The molecule has 0 radical (unpaired) electrons. The first-order chi connectivity index (χ1) is 70.4. The summed E-state index contributed by atoms with van der Waals surface area (Å²) in [4.78, 5) is 116. The Balaban J connectivity index is 2.39. The lowest BCUT2D eigenvalue weighted by Gasteiger charge is -2.46. The van der Waals surface area contributed by atoms with Crippen LogP contribution in [0.15, 0.2) is 60.7 Å². The Morgan fingerprint density at radius 2 is 0.569 bits per heavy atom. The van der Waals surface area contributed by atoms with E-state index >= 15 is 14.2 Å². The second-order valence-corrected chi connectivity index (χ2v) is 43.1. The molecule has 1 aliphatic rings. The molecule has 3 N–H and O–H groups in total. The average molecular weight is 2050 g/mol. The van der Waals surface area contributed by atoms with Crippen LogP contribution in [0.2, 0.25) is 0 Å². The van der Waals surface area contributed by atoms with Gasteiger partial charge in [0.2, 0.25) is 17.7 Å². The fourth-order valence-electron chi connectivity index (χ4n) is 19.0. The van der Waals surface area contributed by atoms with Crippen LogP contribution in [0.5, 0.6) is 0 Å². The molecule has 0 bridgehead atoms. The minimum Gasteiger partial charge on any atom is -0.462 e. The summed E-state index contributed by atoms with van der Waals surface area (Å²) in [6.07, 6.45) is 59.1. The highest BCUT2D eigenvalue weighted by atomic mass is 31.2. The molecule has 0 aromatic heterocycles. The van der Waals surface area contributed by atoms with Crippen molar-refractivity contribution in [2.75, 3.05) is 32.9 Å². The predicted octanol–water partition coefficient (Wildman–Crippen LogP) is 31.8. The smallest absolute Gasteiger partial charge is 0.462 e. The number of nitrogens with one attached hydrogen (secondary N) is 3. The highest BCUT2D eigenvalue weighted by molar-refractivity contribution is 7.48. The summed E-state index contributed by atoms with van der Waals surface area (Å²) in [7, 11) is -4.99. The lowest BCUT2D eigenvalue weighted by atomic mass is 9.95. The molecular formula is C120H212N3O20P. The van der Waals surface area contributed by atoms with Crippen LogP contribution in [-0.4, -0.2) is 136 Å². The summed E-state index contributed by atoms with van der Waals surface area (Å²) in [5, 5.41) is 9.22. The zero-order chi connectivity index (χ0) is 104. The number of amides is 3. The van der Waals surface area contributed by atoms with E-state index in [4.69, 9.17) is 51.5 Å². The number of hydrogen-bond donors (Lipinski definition) is 3. The summed E-state index contributed by atoms with van der Waals surface area (Å²) >= 11 is 0. The van der Waals surface area contributed by atoms with Gasteiger partial charge in [-0.15, -0.1) is 0 Å². The third-order valence-electron chi connectivity index (χ3n) is 27.8. The molecule has 0 saturated carbocycles. The fourth-order valence-corrected chi connectivity index (χ4v) is 20.3. The number of phosphoric ester groups is 1. The Hall–Kier alpha value is -5.81. The van der Waals surface area contributed by atoms with Crippen molar-refractivity contribution in [3.05, 3.63) is 71.8 Å². The number of carbonyl (C=O) groups excluding carboxylic acids is 8. The Morgan fingerprint density at radius 3 is 0.868 bits per heavy atom. The van der Waals surface area contributed by atoms with Crippen LogP contribution < -0.4 is 16.0 Å². The van der Waals surface area contributed by atoms with E-state index in [1.165, 1.54) is 116 Å². The average Bonchev–Trinajstić information content (AvgIpc) is 0.771. The molecule has 144 heavy (non-hydrogen) atoms. The molecule has 9 atom stereocenters. The van der Waals surface area contributed by atoms with E-state index in [1.807, 2.05) is 36.4 Å². The molecule has 0 aliphatic carbocycles. The standard InChI is InChI=1S/C120H212N3O20P/c1-9-17-25-33-41-45-53-57-71-83-104(137-112(127)87-75-61-49-37-29-21-13-5)95-109(124)121-91-93-133-101-108-118(143-144(132,135-99-102-79-67-65-68-80-102)136-100-103-81-69-66-70-82-103)119(142-116(131)98-107(86-74-60-56-48-44-36-28-20-12-4)140-115(130)90-78-64-52-40-32-24-16-8)117(123-111(126)97-106(85-73-59-55-47-43-35-27-19-11-3)139-114(129)89-77-63-51-39-31-23-15-7)120(141-108)134-94-92-122-110(125)96-105(84-72-58-54-46-42-34-26-18-10-2)138-113(128)88-76-62-50-38-30-22-14-6/h65-70,79-82,104-108,117-120H,9-64,71-78,83-101H2,1-8H3,(H,121,124)(H,122,125)(H,123,126)/t104-,105-,106-,107-,108-,117+,118-,119-,120+/m1/s1. The van der Waals surface area contributed by atoms with Crippen molar-refractivity contribution in [3.63, 3.8) is 0 Å². The van der Waals surface area contributed by atoms with E-state index in [9.17, 15) is 28.8 Å². The van der Waals surface area contributed by atoms with E-state index < -0.39 is 99.7 Å². The maximum absolute atomic E-state index is 16.4. The van der Waals surface area contributed by atoms with Crippen molar-refractivity contribution in [2.24, 2.45) is 0 Å². The zero-order valence-corrected chi connectivity index (χ0v) is 93.7. The molecule has 24 heteroatoms. The van der Waals surface area contributed by atoms with Gasteiger partial charge in [-0.1, -0.05) is 476 Å². The minimum atomic E-state index is -4.99. The fraction of sp³-hybridized carbons (Fsp3) is 0.833. The summed E-state index contributed by atoms with van der Waals surface area (Å²) in [6.45, 7) is 16.1. The number of rotatable bonds is 103. The van der Waals surface area contributed by atoms with Crippen LogP contribution in [0.3, 0.4) is 0 Å². The highest BCUT2D eigenvalue weighted by Gasteiger charge is 2.54. The topological polar surface area (TPSA) is 291 Å². The molecule has 1 aliphatic heterocycles. The highest BCUT2D eigenvalue weighted by Crippen LogP contribution is 2.54. The van der Waals surface area contributed by atoms with E-state index in [2.05, 4.69) is 71.3 Å². The number of ether oxygens (including phenoxy) is 8. The lowest BCUT2D eigenvalue weighted by molar-refractivity contribution is -0.273. The van der Waals surface area contributed by atoms with Crippen molar-refractivity contribution in [1.82, 2.24) is 16.0 Å². The van der Waals surface area contributed by atoms with Gasteiger partial charge in [-0.25, -0.2) is 4.57 Å². The van der Waals surface area contributed by atoms with E-state index in [-0.39, 0.29) is 108 Å². The van der Waals surface area contributed by atoms with E-state index in [1.54, 1.807) is 24.3 Å². The Bertz CT molecular complexity index is 3380. The predicted molar refractivity (Wildman–Crippen MR) is 584 cm³/mol. The molecule has 832 valence electrons. The van der Waals surface area contributed by atoms with Gasteiger partial charge in [-0.3, -0.25) is 51.9 Å². The molecule has 23 nitrogen and oxygen atoms in total. The normalized spacial score (nSPS) is 15.6.